The minimum atomic E-state index is -0.735. The molecule has 0 radical (unpaired) electrons. The molecule has 0 N–H and O–H groups in total. The molecule has 0 rings (SSSR count). The van der Waals surface area contributed by atoms with Crippen LogP contribution in [0, 0.1) is 0 Å². The van der Waals surface area contributed by atoms with Crippen LogP contribution in [0.2, 0.25) is 51.4 Å². The van der Waals surface area contributed by atoms with Gasteiger partial charge in [0.1, 0.15) is 0 Å². The van der Waals surface area contributed by atoms with E-state index in [2.05, 4.69) is 39.3 Å². The second kappa shape index (κ2) is 3.90. The molecule has 0 fully saturated rings. The van der Waals surface area contributed by atoms with Gasteiger partial charge in [-0.2, -0.15) is 0 Å². The summed E-state index contributed by atoms with van der Waals surface area (Å²) in [4.78, 5) is 0. The number of hydrogen-bond donors (Lipinski definition) is 0. The Morgan fingerprint density at radius 1 is 0.636 bits per heavy atom. The first kappa shape index (κ1) is 11.4. The van der Waals surface area contributed by atoms with Gasteiger partial charge in [0.2, 0.25) is 0 Å². The average molecular weight is 188 g/mol. The summed E-state index contributed by atoms with van der Waals surface area (Å²) in [6, 6.07) is 3.05. The lowest BCUT2D eigenvalue weighted by Crippen LogP contribution is -2.23. The van der Waals surface area contributed by atoms with Crippen molar-refractivity contribution in [2.24, 2.45) is 0 Å². The van der Waals surface area contributed by atoms with Crippen molar-refractivity contribution in [2.45, 2.75) is 57.8 Å². The van der Waals surface area contributed by atoms with Crippen LogP contribution in [0.5, 0.6) is 0 Å². The molecule has 11 heavy (non-hydrogen) atoms. The Labute approximate surface area is 74.4 Å². The Hall–Kier alpha value is 0.434. The summed E-state index contributed by atoms with van der Waals surface area (Å²) in [6.45, 7) is 14.8. The number of rotatable bonds is 4. The first-order valence-corrected chi connectivity index (χ1v) is 12.1. The predicted molar refractivity (Wildman–Crippen MR) is 60.9 cm³/mol. The Bertz CT molecular complexity index is 91.7. The molecule has 0 nitrogen and oxygen atoms in total. The van der Waals surface area contributed by atoms with Crippen molar-refractivity contribution in [3.8, 4) is 0 Å². The first-order valence-electron chi connectivity index (χ1n) is 4.71. The first-order chi connectivity index (χ1) is 4.71. The van der Waals surface area contributed by atoms with Crippen LogP contribution in [-0.2, 0) is 0 Å². The van der Waals surface area contributed by atoms with Crippen molar-refractivity contribution in [1.29, 1.82) is 0 Å². The third kappa shape index (κ3) is 10.4. The highest BCUT2D eigenvalue weighted by Crippen LogP contribution is 2.18. The Morgan fingerprint density at radius 3 is 1.09 bits per heavy atom. The Kier molecular flexibility index (Phi) is 4.05. The van der Waals surface area contributed by atoms with E-state index in [1.807, 2.05) is 0 Å². The quantitative estimate of drug-likeness (QED) is 0.584. The van der Waals surface area contributed by atoms with E-state index in [-0.39, 0.29) is 0 Å². The van der Waals surface area contributed by atoms with Crippen LogP contribution in [0.3, 0.4) is 0 Å². The van der Waals surface area contributed by atoms with Gasteiger partial charge >= 0.3 is 0 Å². The van der Waals surface area contributed by atoms with Crippen molar-refractivity contribution in [2.75, 3.05) is 0 Å². The fourth-order valence-electron chi connectivity index (χ4n) is 1.15. The second-order valence-electron chi connectivity index (χ2n) is 5.97. The zero-order valence-electron chi connectivity index (χ0n) is 9.12. The molecule has 0 saturated heterocycles. The van der Waals surface area contributed by atoms with Crippen molar-refractivity contribution in [3.63, 3.8) is 0 Å². The Balaban J connectivity index is 3.44. The largest absolute Gasteiger partial charge is 0.0695 e. The van der Waals surface area contributed by atoms with Crippen LogP contribution in [0.1, 0.15) is 6.42 Å². The molecule has 0 heterocycles. The van der Waals surface area contributed by atoms with E-state index >= 15 is 0 Å². The summed E-state index contributed by atoms with van der Waals surface area (Å²) in [7, 11) is -1.47. The topological polar surface area (TPSA) is 0 Å². The second-order valence-corrected chi connectivity index (χ2v) is 17.2. The maximum atomic E-state index is 2.47. The standard InChI is InChI=1S/C9H24Si2/c1-10(2,3)8-7-9-11(4,5)6/h7-9H2,1-6H3. The molecule has 0 saturated carbocycles. The minimum absolute atomic E-state index is 0.735. The zero-order chi connectivity index (χ0) is 9.12. The summed E-state index contributed by atoms with van der Waals surface area (Å²) < 4.78 is 0. The fourth-order valence-corrected chi connectivity index (χ4v) is 3.98. The molecule has 0 unspecified atom stereocenters. The van der Waals surface area contributed by atoms with Crippen molar-refractivity contribution >= 4 is 16.1 Å². The number of hydrogen-bond acceptors (Lipinski definition) is 0. The molecular weight excluding hydrogens is 164 g/mol. The van der Waals surface area contributed by atoms with Crippen molar-refractivity contribution in [1.82, 2.24) is 0 Å². The van der Waals surface area contributed by atoms with Crippen LogP contribution in [0.25, 0.3) is 0 Å². The molecule has 0 aliphatic rings. The maximum Gasteiger partial charge on any atom is 0.0442 e. The van der Waals surface area contributed by atoms with Gasteiger partial charge in [0.25, 0.3) is 0 Å². The van der Waals surface area contributed by atoms with E-state index in [9.17, 15) is 0 Å². The molecule has 0 spiro atoms. The summed E-state index contributed by atoms with van der Waals surface area (Å²) in [5.74, 6) is 0. The normalized spacial score (nSPS) is 13.6. The maximum absolute atomic E-state index is 2.47. The predicted octanol–water partition coefficient (Wildman–Crippen LogP) is 4.05. The lowest BCUT2D eigenvalue weighted by atomic mass is 10.6. The van der Waals surface area contributed by atoms with Gasteiger partial charge in [-0.3, -0.25) is 0 Å². The summed E-state index contributed by atoms with van der Waals surface area (Å²) >= 11 is 0. The molecular formula is C9H24Si2. The third-order valence-corrected chi connectivity index (χ3v) is 5.56. The lowest BCUT2D eigenvalue weighted by molar-refractivity contribution is 1.01. The van der Waals surface area contributed by atoms with Crippen LogP contribution < -0.4 is 0 Å². The molecule has 0 bridgehead atoms. The molecule has 0 aliphatic heterocycles. The van der Waals surface area contributed by atoms with Gasteiger partial charge < -0.3 is 0 Å². The molecule has 0 amide bonds. The van der Waals surface area contributed by atoms with Gasteiger partial charge in [-0.25, -0.2) is 0 Å². The minimum Gasteiger partial charge on any atom is -0.0695 e. The van der Waals surface area contributed by atoms with Gasteiger partial charge in [0.05, 0.1) is 0 Å². The molecule has 0 aromatic carbocycles. The summed E-state index contributed by atoms with van der Waals surface area (Å²) in [6.07, 6.45) is 1.49. The van der Waals surface area contributed by atoms with Crippen LogP contribution >= 0.6 is 0 Å². The van der Waals surface area contributed by atoms with Gasteiger partial charge in [0.15, 0.2) is 0 Å². The zero-order valence-corrected chi connectivity index (χ0v) is 11.1. The Morgan fingerprint density at radius 2 is 0.909 bits per heavy atom. The molecule has 68 valence electrons. The molecule has 0 aromatic rings. The van der Waals surface area contributed by atoms with Crippen LogP contribution in [0.4, 0.5) is 0 Å². The smallest absolute Gasteiger partial charge is 0.0442 e. The molecule has 2 heteroatoms. The van der Waals surface area contributed by atoms with E-state index in [4.69, 9.17) is 0 Å². The molecule has 0 aliphatic carbocycles. The van der Waals surface area contributed by atoms with Crippen molar-refractivity contribution in [3.05, 3.63) is 0 Å². The highest BCUT2D eigenvalue weighted by atomic mass is 28.3. The van der Waals surface area contributed by atoms with Gasteiger partial charge in [0, 0.05) is 16.1 Å². The SMILES string of the molecule is C[Si](C)(C)CCC[Si](C)(C)C. The van der Waals surface area contributed by atoms with Gasteiger partial charge in [-0.1, -0.05) is 57.8 Å². The highest BCUT2D eigenvalue weighted by molar-refractivity contribution is 6.77. The summed E-state index contributed by atoms with van der Waals surface area (Å²) in [5.41, 5.74) is 0. The van der Waals surface area contributed by atoms with E-state index in [1.54, 1.807) is 0 Å². The van der Waals surface area contributed by atoms with Crippen molar-refractivity contribution < 1.29 is 0 Å². The lowest BCUT2D eigenvalue weighted by Gasteiger charge is -2.20. The average Bonchev–Trinajstić information content (AvgIpc) is 1.55. The van der Waals surface area contributed by atoms with E-state index in [0.29, 0.717) is 0 Å². The third-order valence-electron chi connectivity index (χ3n) is 1.85. The summed E-state index contributed by atoms with van der Waals surface area (Å²) in [5, 5.41) is 0. The van der Waals surface area contributed by atoms with E-state index < -0.39 is 16.1 Å². The van der Waals surface area contributed by atoms with E-state index in [1.165, 1.54) is 18.5 Å². The monoisotopic (exact) mass is 188 g/mol. The van der Waals surface area contributed by atoms with Gasteiger partial charge in [-0.05, 0) is 0 Å². The van der Waals surface area contributed by atoms with Crippen LogP contribution in [-0.4, -0.2) is 16.1 Å². The molecule has 0 aromatic heterocycles. The fraction of sp³-hybridized carbons (Fsp3) is 1.00. The van der Waals surface area contributed by atoms with E-state index in [0.717, 1.165) is 0 Å². The molecule has 0 atom stereocenters. The van der Waals surface area contributed by atoms with Gasteiger partial charge in [-0.15, -0.1) is 0 Å². The van der Waals surface area contributed by atoms with Crippen LogP contribution in [0.15, 0.2) is 0 Å². The highest BCUT2D eigenvalue weighted by Gasteiger charge is 2.16.